The largest absolute Gasteiger partial charge is 0.360 e. The van der Waals surface area contributed by atoms with Crippen molar-refractivity contribution in [3.05, 3.63) is 11.8 Å². The summed E-state index contributed by atoms with van der Waals surface area (Å²) in [6.45, 7) is 7.06. The van der Waals surface area contributed by atoms with Gasteiger partial charge in [-0.15, -0.1) is 0 Å². The quantitative estimate of drug-likeness (QED) is 0.790. The van der Waals surface area contributed by atoms with E-state index in [4.69, 9.17) is 4.52 Å². The van der Waals surface area contributed by atoms with Crippen LogP contribution in [0.4, 0.5) is 5.82 Å². The van der Waals surface area contributed by atoms with E-state index in [1.54, 1.807) is 13.0 Å². The molecule has 1 amide bonds. The summed E-state index contributed by atoms with van der Waals surface area (Å²) < 4.78 is 30.5. The first-order valence-electron chi connectivity index (χ1n) is 6.47. The van der Waals surface area contributed by atoms with Gasteiger partial charge in [-0.2, -0.15) is 0 Å². The smallest absolute Gasteiger partial charge is 0.243 e. The van der Waals surface area contributed by atoms with Crippen LogP contribution >= 0.6 is 0 Å². The highest BCUT2D eigenvalue weighted by molar-refractivity contribution is 7.89. The fourth-order valence-electron chi connectivity index (χ4n) is 1.62. The molecule has 7 nitrogen and oxygen atoms in total. The molecule has 0 spiro atoms. The first-order valence-corrected chi connectivity index (χ1v) is 8.13. The lowest BCUT2D eigenvalue weighted by Gasteiger charge is -2.18. The van der Waals surface area contributed by atoms with Gasteiger partial charge in [0.15, 0.2) is 5.82 Å². The van der Waals surface area contributed by atoms with Crippen molar-refractivity contribution in [3.63, 3.8) is 0 Å². The Hall–Kier alpha value is -1.41. The second kappa shape index (κ2) is 6.85. The normalized spacial score (nSPS) is 13.4. The lowest BCUT2D eigenvalue weighted by atomic mass is 10.0. The van der Waals surface area contributed by atoms with E-state index in [1.165, 1.54) is 6.92 Å². The first-order chi connectivity index (χ1) is 9.23. The van der Waals surface area contributed by atoms with Crippen LogP contribution < -0.4 is 10.0 Å². The van der Waals surface area contributed by atoms with Gasteiger partial charge in [-0.3, -0.25) is 4.79 Å². The standard InChI is InChI=1S/C12H21N3O4S/c1-5-20(17,18)15-10(6-8(2)3)12(16)13-11-7-9(4)19-14-11/h7-8,10,15H,5-6H2,1-4H3,(H,13,14,16)/t10-/m1/s1. The Morgan fingerprint density at radius 3 is 2.55 bits per heavy atom. The van der Waals surface area contributed by atoms with Crippen molar-refractivity contribution < 1.29 is 17.7 Å². The van der Waals surface area contributed by atoms with Gasteiger partial charge in [-0.1, -0.05) is 19.0 Å². The molecule has 2 N–H and O–H groups in total. The van der Waals surface area contributed by atoms with Crippen molar-refractivity contribution in [3.8, 4) is 0 Å². The van der Waals surface area contributed by atoms with E-state index in [0.717, 1.165) is 0 Å². The van der Waals surface area contributed by atoms with E-state index in [1.807, 2.05) is 13.8 Å². The topological polar surface area (TPSA) is 101 Å². The predicted octanol–water partition coefficient (Wildman–Crippen LogP) is 1.28. The van der Waals surface area contributed by atoms with E-state index >= 15 is 0 Å². The van der Waals surface area contributed by atoms with Crippen molar-refractivity contribution in [1.82, 2.24) is 9.88 Å². The summed E-state index contributed by atoms with van der Waals surface area (Å²) in [4.78, 5) is 12.1. The second-order valence-corrected chi connectivity index (χ2v) is 7.06. The van der Waals surface area contributed by atoms with Crippen molar-refractivity contribution >= 4 is 21.7 Å². The zero-order chi connectivity index (χ0) is 15.3. The number of anilines is 1. The molecule has 0 aliphatic carbocycles. The van der Waals surface area contributed by atoms with Crippen LogP contribution in [0.25, 0.3) is 0 Å². The van der Waals surface area contributed by atoms with Crippen molar-refractivity contribution in [2.24, 2.45) is 5.92 Å². The highest BCUT2D eigenvalue weighted by Gasteiger charge is 2.25. The molecule has 1 rings (SSSR count). The van der Waals surface area contributed by atoms with Crippen LogP contribution in [0, 0.1) is 12.8 Å². The lowest BCUT2D eigenvalue weighted by Crippen LogP contribution is -2.45. The van der Waals surface area contributed by atoms with Gasteiger partial charge in [0, 0.05) is 6.07 Å². The molecule has 0 aromatic carbocycles. The summed E-state index contributed by atoms with van der Waals surface area (Å²) in [5, 5.41) is 6.19. The minimum Gasteiger partial charge on any atom is -0.360 e. The van der Waals surface area contributed by atoms with E-state index in [-0.39, 0.29) is 17.5 Å². The van der Waals surface area contributed by atoms with Crippen LogP contribution in [0.5, 0.6) is 0 Å². The van der Waals surface area contributed by atoms with Crippen molar-refractivity contribution in [2.75, 3.05) is 11.1 Å². The zero-order valence-electron chi connectivity index (χ0n) is 12.1. The van der Waals surface area contributed by atoms with E-state index in [9.17, 15) is 13.2 Å². The molecule has 1 atom stereocenters. The summed E-state index contributed by atoms with van der Waals surface area (Å²) in [6.07, 6.45) is 0.405. The molecule has 20 heavy (non-hydrogen) atoms. The van der Waals surface area contributed by atoms with Gasteiger partial charge >= 0.3 is 0 Å². The van der Waals surface area contributed by atoms with Gasteiger partial charge in [0.05, 0.1) is 5.75 Å². The number of carbonyl (C=O) groups excluding carboxylic acids is 1. The Kier molecular flexibility index (Phi) is 5.70. The Labute approximate surface area is 119 Å². The summed E-state index contributed by atoms with van der Waals surface area (Å²) in [6, 6.07) is 0.746. The molecule has 1 aromatic rings. The molecule has 8 heteroatoms. The highest BCUT2D eigenvalue weighted by atomic mass is 32.2. The molecule has 114 valence electrons. The Morgan fingerprint density at radius 2 is 2.10 bits per heavy atom. The van der Waals surface area contributed by atoms with Gasteiger partial charge in [0.1, 0.15) is 11.8 Å². The van der Waals surface area contributed by atoms with E-state index in [2.05, 4.69) is 15.2 Å². The van der Waals surface area contributed by atoms with Crippen LogP contribution in [0.2, 0.25) is 0 Å². The fraction of sp³-hybridized carbons (Fsp3) is 0.667. The van der Waals surface area contributed by atoms with Crippen LogP contribution in [0.1, 0.15) is 33.0 Å². The molecule has 0 aliphatic rings. The average Bonchev–Trinajstić information content (AvgIpc) is 2.73. The minimum atomic E-state index is -3.45. The number of aromatic nitrogens is 1. The van der Waals surface area contributed by atoms with Gasteiger partial charge < -0.3 is 9.84 Å². The molecular formula is C12H21N3O4S. The highest BCUT2D eigenvalue weighted by Crippen LogP contribution is 2.11. The van der Waals surface area contributed by atoms with Gasteiger partial charge in [-0.05, 0) is 26.2 Å². The number of sulfonamides is 1. The molecule has 1 aromatic heterocycles. The summed E-state index contributed by atoms with van der Waals surface area (Å²) in [7, 11) is -3.45. The zero-order valence-corrected chi connectivity index (χ0v) is 13.0. The van der Waals surface area contributed by atoms with Crippen LogP contribution in [-0.4, -0.2) is 31.3 Å². The van der Waals surface area contributed by atoms with Crippen LogP contribution in [0.15, 0.2) is 10.6 Å². The molecule has 0 radical (unpaired) electrons. The fourth-order valence-corrected chi connectivity index (χ4v) is 2.42. The Balaban J connectivity index is 2.79. The number of nitrogens with zero attached hydrogens (tertiary/aromatic N) is 1. The predicted molar refractivity (Wildman–Crippen MR) is 75.7 cm³/mol. The van der Waals surface area contributed by atoms with E-state index in [0.29, 0.717) is 12.2 Å². The molecule has 0 unspecified atom stereocenters. The minimum absolute atomic E-state index is 0.0715. The number of hydrogen-bond donors (Lipinski definition) is 2. The first kappa shape index (κ1) is 16.6. The van der Waals surface area contributed by atoms with Crippen LogP contribution in [-0.2, 0) is 14.8 Å². The molecule has 0 bridgehead atoms. The van der Waals surface area contributed by atoms with Gasteiger partial charge in [0.25, 0.3) is 0 Å². The maximum atomic E-state index is 12.1. The number of amides is 1. The van der Waals surface area contributed by atoms with E-state index < -0.39 is 22.0 Å². The second-order valence-electron chi connectivity index (χ2n) is 5.02. The third kappa shape index (κ3) is 5.30. The monoisotopic (exact) mass is 303 g/mol. The molecular weight excluding hydrogens is 282 g/mol. The molecule has 0 fully saturated rings. The SMILES string of the molecule is CCS(=O)(=O)N[C@H](CC(C)C)C(=O)Nc1cc(C)on1. The molecule has 0 saturated carbocycles. The summed E-state index contributed by atoms with van der Waals surface area (Å²) in [5.41, 5.74) is 0. The number of carbonyl (C=O) groups is 1. The number of rotatable bonds is 7. The molecule has 1 heterocycles. The number of nitrogens with one attached hydrogen (secondary N) is 2. The maximum absolute atomic E-state index is 12.1. The third-order valence-corrected chi connectivity index (χ3v) is 4.01. The number of aryl methyl sites for hydroxylation is 1. The molecule has 0 saturated heterocycles. The maximum Gasteiger partial charge on any atom is 0.243 e. The third-order valence-electron chi connectivity index (χ3n) is 2.60. The van der Waals surface area contributed by atoms with Gasteiger partial charge in [0.2, 0.25) is 15.9 Å². The molecule has 0 aliphatic heterocycles. The Bertz CT molecular complexity index is 551. The Morgan fingerprint density at radius 1 is 1.45 bits per heavy atom. The van der Waals surface area contributed by atoms with Crippen molar-refractivity contribution in [2.45, 2.75) is 40.2 Å². The average molecular weight is 303 g/mol. The number of hydrogen-bond acceptors (Lipinski definition) is 5. The van der Waals surface area contributed by atoms with Gasteiger partial charge in [-0.25, -0.2) is 13.1 Å². The van der Waals surface area contributed by atoms with Crippen LogP contribution in [0.3, 0.4) is 0 Å². The summed E-state index contributed by atoms with van der Waals surface area (Å²) >= 11 is 0. The van der Waals surface area contributed by atoms with Crippen molar-refractivity contribution in [1.29, 1.82) is 0 Å². The summed E-state index contributed by atoms with van der Waals surface area (Å²) in [5.74, 6) is 0.498. The lowest BCUT2D eigenvalue weighted by molar-refractivity contribution is -0.118.